The molecule has 132 valence electrons. The molecule has 0 aliphatic heterocycles. The van der Waals surface area contributed by atoms with Crippen LogP contribution >= 0.6 is 24.8 Å². The molecule has 2 rings (SSSR count). The maximum atomic E-state index is 12.0. The van der Waals surface area contributed by atoms with Crippen LogP contribution in [0, 0.1) is 0 Å². The number of halogens is 2. The van der Waals surface area contributed by atoms with E-state index >= 15 is 0 Å². The van der Waals surface area contributed by atoms with Crippen molar-refractivity contribution < 1.29 is 4.79 Å². The van der Waals surface area contributed by atoms with Gasteiger partial charge in [-0.2, -0.15) is 0 Å². The number of nitrogens with two attached hydrogens (primary N) is 1. The van der Waals surface area contributed by atoms with E-state index in [9.17, 15) is 4.79 Å². The first-order valence-electron chi connectivity index (χ1n) is 7.94. The van der Waals surface area contributed by atoms with E-state index < -0.39 is 6.04 Å². The predicted octanol–water partition coefficient (Wildman–Crippen LogP) is 2.39. The lowest BCUT2D eigenvalue weighted by Crippen LogP contribution is -2.45. The summed E-state index contributed by atoms with van der Waals surface area (Å²) < 4.78 is 0. The van der Waals surface area contributed by atoms with Gasteiger partial charge in [0.05, 0.1) is 6.04 Å². The summed E-state index contributed by atoms with van der Waals surface area (Å²) in [7, 11) is 2.14. The van der Waals surface area contributed by atoms with Gasteiger partial charge in [-0.15, -0.1) is 24.8 Å². The highest BCUT2D eigenvalue weighted by Crippen LogP contribution is 2.21. The molecule has 0 heterocycles. The van der Waals surface area contributed by atoms with Gasteiger partial charge in [0, 0.05) is 19.1 Å². The number of hydrogen-bond donors (Lipinski definition) is 2. The molecule has 0 unspecified atom stereocenters. The van der Waals surface area contributed by atoms with E-state index in [0.717, 1.165) is 12.1 Å². The third kappa shape index (κ3) is 7.53. The van der Waals surface area contributed by atoms with Gasteiger partial charge in [-0.05, 0) is 31.9 Å². The predicted molar refractivity (Wildman–Crippen MR) is 101 cm³/mol. The zero-order valence-electron chi connectivity index (χ0n) is 13.7. The average molecular weight is 362 g/mol. The molecule has 1 amide bonds. The maximum Gasteiger partial charge on any atom is 0.237 e. The summed E-state index contributed by atoms with van der Waals surface area (Å²) in [4.78, 5) is 14.4. The molecule has 1 aromatic carbocycles. The van der Waals surface area contributed by atoms with Crippen LogP contribution in [-0.2, 0) is 11.2 Å². The Balaban J connectivity index is 0.00000242. The first kappa shape index (κ1) is 22.2. The molecular weight excluding hydrogens is 333 g/mol. The summed E-state index contributed by atoms with van der Waals surface area (Å²) in [6.07, 6.45) is 5.84. The van der Waals surface area contributed by atoms with Crippen LogP contribution in [0.25, 0.3) is 0 Å². The Kier molecular flexibility index (Phi) is 11.3. The Hall–Kier alpha value is -0.810. The maximum absolute atomic E-state index is 12.0. The van der Waals surface area contributed by atoms with Gasteiger partial charge in [0.1, 0.15) is 0 Å². The van der Waals surface area contributed by atoms with Gasteiger partial charge < -0.3 is 16.0 Å². The fraction of sp³-hybridized carbons (Fsp3) is 0.588. The number of carbonyl (C=O) groups excluding carboxylic acids is 1. The molecule has 4 nitrogen and oxygen atoms in total. The Labute approximate surface area is 152 Å². The van der Waals surface area contributed by atoms with Gasteiger partial charge in [0.25, 0.3) is 0 Å². The molecule has 0 spiro atoms. The second-order valence-corrected chi connectivity index (χ2v) is 6.01. The molecule has 1 aromatic rings. The van der Waals surface area contributed by atoms with Crippen LogP contribution in [0.3, 0.4) is 0 Å². The van der Waals surface area contributed by atoms with Gasteiger partial charge in [-0.25, -0.2) is 0 Å². The smallest absolute Gasteiger partial charge is 0.237 e. The standard InChI is InChI=1S/C17H27N3O.2ClH/c1-20(15-9-5-6-10-15)12-11-19-17(21)16(18)13-14-7-3-2-4-8-14;;/h2-4,7-8,15-16H,5-6,9-13,18H2,1H3,(H,19,21);2*1H/t16-;;/m0../s1. The molecule has 0 aromatic heterocycles. The van der Waals surface area contributed by atoms with Crippen molar-refractivity contribution in [2.24, 2.45) is 5.73 Å². The quantitative estimate of drug-likeness (QED) is 0.783. The number of benzene rings is 1. The molecule has 1 atom stereocenters. The molecule has 0 radical (unpaired) electrons. The molecule has 1 fully saturated rings. The van der Waals surface area contributed by atoms with Crippen LogP contribution in [0.2, 0.25) is 0 Å². The summed E-state index contributed by atoms with van der Waals surface area (Å²) in [5.74, 6) is -0.0568. The second-order valence-electron chi connectivity index (χ2n) is 6.01. The van der Waals surface area contributed by atoms with E-state index in [1.54, 1.807) is 0 Å². The summed E-state index contributed by atoms with van der Waals surface area (Å²) in [5, 5.41) is 2.95. The van der Waals surface area contributed by atoms with Crippen LogP contribution in [-0.4, -0.2) is 43.0 Å². The number of likely N-dealkylation sites (N-methyl/N-ethyl adjacent to an activating group) is 1. The molecular formula is C17H29Cl2N3O. The summed E-state index contributed by atoms with van der Waals surface area (Å²) >= 11 is 0. The zero-order chi connectivity index (χ0) is 15.1. The van der Waals surface area contributed by atoms with Gasteiger partial charge in [-0.1, -0.05) is 43.2 Å². The van der Waals surface area contributed by atoms with Gasteiger partial charge >= 0.3 is 0 Å². The van der Waals surface area contributed by atoms with E-state index in [-0.39, 0.29) is 30.7 Å². The van der Waals surface area contributed by atoms with Crippen LogP contribution in [0.5, 0.6) is 0 Å². The summed E-state index contributed by atoms with van der Waals surface area (Å²) in [6, 6.07) is 10.1. The minimum absolute atomic E-state index is 0. The van der Waals surface area contributed by atoms with E-state index in [1.807, 2.05) is 30.3 Å². The van der Waals surface area contributed by atoms with Crippen molar-refractivity contribution in [1.82, 2.24) is 10.2 Å². The normalized spacial score (nSPS) is 15.6. The molecule has 1 saturated carbocycles. The van der Waals surface area contributed by atoms with Crippen molar-refractivity contribution in [3.63, 3.8) is 0 Å². The largest absolute Gasteiger partial charge is 0.353 e. The highest BCUT2D eigenvalue weighted by atomic mass is 35.5. The van der Waals surface area contributed by atoms with Crippen LogP contribution in [0.1, 0.15) is 31.2 Å². The van der Waals surface area contributed by atoms with Gasteiger partial charge in [0.2, 0.25) is 5.91 Å². The highest BCUT2D eigenvalue weighted by molar-refractivity contribution is 5.85. The monoisotopic (exact) mass is 361 g/mol. The summed E-state index contributed by atoms with van der Waals surface area (Å²) in [5.41, 5.74) is 7.06. The van der Waals surface area contributed by atoms with E-state index in [2.05, 4.69) is 17.3 Å². The molecule has 1 aliphatic carbocycles. The van der Waals surface area contributed by atoms with Gasteiger partial charge in [-0.3, -0.25) is 4.79 Å². The number of hydrogen-bond acceptors (Lipinski definition) is 3. The van der Waals surface area contributed by atoms with Crippen molar-refractivity contribution in [2.45, 2.75) is 44.2 Å². The number of carbonyl (C=O) groups is 1. The van der Waals surface area contributed by atoms with Crippen molar-refractivity contribution in [3.8, 4) is 0 Å². The first-order valence-corrected chi connectivity index (χ1v) is 7.94. The van der Waals surface area contributed by atoms with E-state index in [4.69, 9.17) is 5.73 Å². The van der Waals surface area contributed by atoms with Crippen molar-refractivity contribution in [2.75, 3.05) is 20.1 Å². The highest BCUT2D eigenvalue weighted by Gasteiger charge is 2.19. The SMILES string of the molecule is CN(CCNC(=O)[C@@H](N)Cc1ccccc1)C1CCCC1.Cl.Cl. The molecule has 23 heavy (non-hydrogen) atoms. The molecule has 6 heteroatoms. The molecule has 1 aliphatic rings. The number of nitrogens with one attached hydrogen (secondary N) is 1. The minimum atomic E-state index is -0.468. The number of nitrogens with zero attached hydrogens (tertiary/aromatic N) is 1. The zero-order valence-corrected chi connectivity index (χ0v) is 15.4. The van der Waals surface area contributed by atoms with Crippen LogP contribution < -0.4 is 11.1 Å². The minimum Gasteiger partial charge on any atom is -0.353 e. The van der Waals surface area contributed by atoms with Gasteiger partial charge in [0.15, 0.2) is 0 Å². The van der Waals surface area contributed by atoms with E-state index in [1.165, 1.54) is 25.7 Å². The Morgan fingerprint density at radius 2 is 1.87 bits per heavy atom. The van der Waals surface area contributed by atoms with Crippen LogP contribution in [0.4, 0.5) is 0 Å². The Morgan fingerprint density at radius 3 is 2.48 bits per heavy atom. The lowest BCUT2D eigenvalue weighted by atomic mass is 10.1. The Morgan fingerprint density at radius 1 is 1.26 bits per heavy atom. The van der Waals surface area contributed by atoms with Crippen LogP contribution in [0.15, 0.2) is 30.3 Å². The lowest BCUT2D eigenvalue weighted by molar-refractivity contribution is -0.122. The van der Waals surface area contributed by atoms with Crippen molar-refractivity contribution >= 4 is 30.7 Å². The fourth-order valence-corrected chi connectivity index (χ4v) is 2.97. The molecule has 0 saturated heterocycles. The van der Waals surface area contributed by atoms with E-state index in [0.29, 0.717) is 19.0 Å². The third-order valence-corrected chi connectivity index (χ3v) is 4.35. The first-order chi connectivity index (χ1) is 10.2. The van der Waals surface area contributed by atoms with Crippen molar-refractivity contribution in [3.05, 3.63) is 35.9 Å². The van der Waals surface area contributed by atoms with Crippen molar-refractivity contribution in [1.29, 1.82) is 0 Å². The fourth-order valence-electron chi connectivity index (χ4n) is 2.97. The number of amides is 1. The number of rotatable bonds is 7. The third-order valence-electron chi connectivity index (χ3n) is 4.35. The molecule has 3 N–H and O–H groups in total. The Bertz CT molecular complexity index is 439. The second kappa shape index (κ2) is 11.7. The lowest BCUT2D eigenvalue weighted by Gasteiger charge is -2.24. The topological polar surface area (TPSA) is 58.4 Å². The summed E-state index contributed by atoms with van der Waals surface area (Å²) in [6.45, 7) is 1.57. The molecule has 0 bridgehead atoms. The average Bonchev–Trinajstić information content (AvgIpc) is 3.02.